The van der Waals surface area contributed by atoms with Gasteiger partial charge in [-0.05, 0) is 18.2 Å². The fourth-order valence-corrected chi connectivity index (χ4v) is 1.35. The highest BCUT2D eigenvalue weighted by Gasteiger charge is 2.35. The molecule has 0 spiro atoms. The summed E-state index contributed by atoms with van der Waals surface area (Å²) in [6, 6.07) is 6.35. The second-order valence-electron chi connectivity index (χ2n) is 3.15. The van der Waals surface area contributed by atoms with Crippen LogP contribution in [0.4, 0.5) is 13.2 Å². The molecule has 0 atom stereocenters. The summed E-state index contributed by atoms with van der Waals surface area (Å²) < 4.78 is 38.4. The molecule has 0 unspecified atom stereocenters. The number of aromatic hydroxyl groups is 1. The van der Waals surface area contributed by atoms with Crippen LogP contribution in [0.1, 0.15) is 5.69 Å². The SMILES string of the molecule is Oc1cccc(-n2nccc2C(F)(F)F)c1. The van der Waals surface area contributed by atoms with Gasteiger partial charge < -0.3 is 5.11 Å². The van der Waals surface area contributed by atoms with Gasteiger partial charge in [0.15, 0.2) is 0 Å². The molecule has 2 aromatic rings. The smallest absolute Gasteiger partial charge is 0.433 e. The van der Waals surface area contributed by atoms with Crippen molar-refractivity contribution in [1.29, 1.82) is 0 Å². The first-order chi connectivity index (χ1) is 7.48. The average Bonchev–Trinajstić information content (AvgIpc) is 2.65. The number of nitrogens with zero attached hydrogens (tertiary/aromatic N) is 2. The van der Waals surface area contributed by atoms with E-state index in [9.17, 15) is 18.3 Å². The Hall–Kier alpha value is -1.98. The molecular weight excluding hydrogens is 221 g/mol. The van der Waals surface area contributed by atoms with Crippen LogP contribution in [0.2, 0.25) is 0 Å². The Bertz CT molecular complexity index is 505. The van der Waals surface area contributed by atoms with Crippen molar-refractivity contribution in [3.63, 3.8) is 0 Å². The minimum atomic E-state index is -4.47. The number of phenols is 1. The zero-order valence-corrected chi connectivity index (χ0v) is 7.94. The van der Waals surface area contributed by atoms with Gasteiger partial charge in [-0.2, -0.15) is 18.3 Å². The number of rotatable bonds is 1. The lowest BCUT2D eigenvalue weighted by Crippen LogP contribution is -2.13. The highest BCUT2D eigenvalue weighted by Crippen LogP contribution is 2.30. The molecule has 84 valence electrons. The lowest BCUT2D eigenvalue weighted by molar-refractivity contribution is -0.142. The van der Waals surface area contributed by atoms with Gasteiger partial charge in [0.2, 0.25) is 0 Å². The van der Waals surface area contributed by atoms with Gasteiger partial charge in [-0.15, -0.1) is 0 Å². The largest absolute Gasteiger partial charge is 0.508 e. The van der Waals surface area contributed by atoms with Crippen molar-refractivity contribution < 1.29 is 18.3 Å². The van der Waals surface area contributed by atoms with E-state index in [2.05, 4.69) is 5.10 Å². The average molecular weight is 228 g/mol. The van der Waals surface area contributed by atoms with E-state index >= 15 is 0 Å². The molecule has 0 aliphatic carbocycles. The molecule has 6 heteroatoms. The fourth-order valence-electron chi connectivity index (χ4n) is 1.35. The van der Waals surface area contributed by atoms with Crippen LogP contribution in [0.25, 0.3) is 5.69 Å². The van der Waals surface area contributed by atoms with Crippen LogP contribution >= 0.6 is 0 Å². The van der Waals surface area contributed by atoms with Gasteiger partial charge in [0.1, 0.15) is 11.4 Å². The number of hydrogen-bond acceptors (Lipinski definition) is 2. The van der Waals surface area contributed by atoms with Gasteiger partial charge in [0, 0.05) is 6.07 Å². The minimum Gasteiger partial charge on any atom is -0.508 e. The summed E-state index contributed by atoms with van der Waals surface area (Å²) in [7, 11) is 0. The fraction of sp³-hybridized carbons (Fsp3) is 0.100. The normalized spacial score (nSPS) is 11.7. The molecule has 16 heavy (non-hydrogen) atoms. The number of phenolic OH excluding ortho intramolecular Hbond substituents is 1. The Morgan fingerprint density at radius 1 is 1.19 bits per heavy atom. The molecule has 0 radical (unpaired) electrons. The van der Waals surface area contributed by atoms with Crippen molar-refractivity contribution in [3.8, 4) is 11.4 Å². The molecule has 1 N–H and O–H groups in total. The van der Waals surface area contributed by atoms with E-state index in [0.29, 0.717) is 0 Å². The van der Waals surface area contributed by atoms with Crippen molar-refractivity contribution >= 4 is 0 Å². The first-order valence-electron chi connectivity index (χ1n) is 4.39. The number of hydrogen-bond donors (Lipinski definition) is 1. The molecule has 0 saturated heterocycles. The summed E-state index contributed by atoms with van der Waals surface area (Å²) in [4.78, 5) is 0. The lowest BCUT2D eigenvalue weighted by Gasteiger charge is -2.10. The van der Waals surface area contributed by atoms with Gasteiger partial charge in [-0.25, -0.2) is 4.68 Å². The number of aromatic nitrogens is 2. The second kappa shape index (κ2) is 3.55. The molecule has 0 aliphatic rings. The van der Waals surface area contributed by atoms with E-state index in [0.717, 1.165) is 16.9 Å². The van der Waals surface area contributed by atoms with E-state index in [1.165, 1.54) is 24.3 Å². The van der Waals surface area contributed by atoms with Crippen molar-refractivity contribution in [3.05, 3.63) is 42.2 Å². The predicted octanol–water partition coefficient (Wildman–Crippen LogP) is 2.60. The third kappa shape index (κ3) is 1.86. The predicted molar refractivity (Wildman–Crippen MR) is 50.2 cm³/mol. The quantitative estimate of drug-likeness (QED) is 0.814. The molecular formula is C10H7F3N2O. The van der Waals surface area contributed by atoms with Crippen LogP contribution in [0, 0.1) is 0 Å². The Morgan fingerprint density at radius 2 is 1.94 bits per heavy atom. The summed E-state index contributed by atoms with van der Waals surface area (Å²) in [5.41, 5.74) is -0.713. The van der Waals surface area contributed by atoms with E-state index < -0.39 is 11.9 Å². The first kappa shape index (κ1) is 10.5. The van der Waals surface area contributed by atoms with E-state index in [1.54, 1.807) is 0 Å². The Labute approximate surface area is 88.8 Å². The Kier molecular flexibility index (Phi) is 2.34. The summed E-state index contributed by atoms with van der Waals surface area (Å²) in [6.07, 6.45) is -3.41. The molecule has 0 amide bonds. The molecule has 1 aromatic heterocycles. The third-order valence-electron chi connectivity index (χ3n) is 2.01. The number of alkyl halides is 3. The van der Waals surface area contributed by atoms with Crippen LogP contribution in [0.15, 0.2) is 36.5 Å². The van der Waals surface area contributed by atoms with Crippen molar-refractivity contribution in [2.24, 2.45) is 0 Å². The van der Waals surface area contributed by atoms with Gasteiger partial charge in [-0.3, -0.25) is 0 Å². The van der Waals surface area contributed by atoms with Crippen molar-refractivity contribution in [1.82, 2.24) is 9.78 Å². The van der Waals surface area contributed by atoms with E-state index in [4.69, 9.17) is 0 Å². The third-order valence-corrected chi connectivity index (χ3v) is 2.01. The number of halogens is 3. The van der Waals surface area contributed by atoms with Crippen molar-refractivity contribution in [2.45, 2.75) is 6.18 Å². The van der Waals surface area contributed by atoms with Crippen LogP contribution in [-0.2, 0) is 6.18 Å². The molecule has 0 bridgehead atoms. The molecule has 0 aliphatic heterocycles. The standard InChI is InChI=1S/C10H7F3N2O/c11-10(12,13)9-4-5-14-15(9)7-2-1-3-8(16)6-7/h1-6,16H. The molecule has 1 heterocycles. The molecule has 0 saturated carbocycles. The van der Waals surface area contributed by atoms with Crippen molar-refractivity contribution in [2.75, 3.05) is 0 Å². The highest BCUT2D eigenvalue weighted by molar-refractivity contribution is 5.39. The van der Waals surface area contributed by atoms with Crippen LogP contribution in [0.5, 0.6) is 5.75 Å². The minimum absolute atomic E-state index is 0.110. The summed E-state index contributed by atoms with van der Waals surface area (Å²) >= 11 is 0. The molecule has 0 fully saturated rings. The van der Waals surface area contributed by atoms with Gasteiger partial charge in [0.05, 0.1) is 11.9 Å². The monoisotopic (exact) mass is 228 g/mol. The number of benzene rings is 1. The van der Waals surface area contributed by atoms with Gasteiger partial charge >= 0.3 is 6.18 Å². The lowest BCUT2D eigenvalue weighted by atomic mass is 10.3. The maximum absolute atomic E-state index is 12.5. The van der Waals surface area contributed by atoms with E-state index in [-0.39, 0.29) is 11.4 Å². The maximum atomic E-state index is 12.5. The van der Waals surface area contributed by atoms with Gasteiger partial charge in [-0.1, -0.05) is 6.07 Å². The molecule has 1 aromatic carbocycles. The zero-order valence-electron chi connectivity index (χ0n) is 7.94. The Balaban J connectivity index is 2.53. The highest BCUT2D eigenvalue weighted by atomic mass is 19.4. The second-order valence-corrected chi connectivity index (χ2v) is 3.15. The summed E-state index contributed by atoms with van der Waals surface area (Å²) in [5, 5.41) is 12.8. The molecule has 3 nitrogen and oxygen atoms in total. The maximum Gasteiger partial charge on any atom is 0.433 e. The van der Waals surface area contributed by atoms with E-state index in [1.807, 2.05) is 0 Å². The first-order valence-corrected chi connectivity index (χ1v) is 4.39. The summed E-state index contributed by atoms with van der Waals surface area (Å²) in [5.74, 6) is -0.110. The Morgan fingerprint density at radius 3 is 2.56 bits per heavy atom. The van der Waals surface area contributed by atoms with Crippen LogP contribution in [0.3, 0.4) is 0 Å². The molecule has 2 rings (SSSR count). The topological polar surface area (TPSA) is 38.0 Å². The van der Waals surface area contributed by atoms with Gasteiger partial charge in [0.25, 0.3) is 0 Å². The van der Waals surface area contributed by atoms with Crippen LogP contribution < -0.4 is 0 Å². The van der Waals surface area contributed by atoms with Crippen LogP contribution in [-0.4, -0.2) is 14.9 Å². The zero-order chi connectivity index (χ0) is 11.8. The summed E-state index contributed by atoms with van der Waals surface area (Å²) in [6.45, 7) is 0.